The van der Waals surface area contributed by atoms with Crippen LogP contribution in [0.5, 0.6) is 0 Å². The molecule has 0 N–H and O–H groups in total. The van der Waals surface area contributed by atoms with Crippen LogP contribution >= 0.6 is 0 Å². The lowest BCUT2D eigenvalue weighted by atomic mass is 9.82. The first-order chi connectivity index (χ1) is 6.52. The van der Waals surface area contributed by atoms with Crippen molar-refractivity contribution >= 4 is 0 Å². The minimum absolute atomic E-state index is 0.0786. The van der Waals surface area contributed by atoms with Crippen molar-refractivity contribution in [2.45, 2.75) is 32.8 Å². The average molecular weight is 190 g/mol. The molecule has 1 nitrogen and oxygen atoms in total. The van der Waals surface area contributed by atoms with E-state index in [0.717, 1.165) is 13.0 Å². The van der Waals surface area contributed by atoms with Gasteiger partial charge in [-0.05, 0) is 24.3 Å². The van der Waals surface area contributed by atoms with Gasteiger partial charge in [-0.2, -0.15) is 0 Å². The lowest BCUT2D eigenvalue weighted by Gasteiger charge is -2.25. The van der Waals surface area contributed by atoms with Crippen molar-refractivity contribution in [3.8, 4) is 0 Å². The highest BCUT2D eigenvalue weighted by molar-refractivity contribution is 5.23. The van der Waals surface area contributed by atoms with E-state index in [1.165, 1.54) is 5.56 Å². The van der Waals surface area contributed by atoms with Gasteiger partial charge in [-0.3, -0.25) is 0 Å². The maximum Gasteiger partial charge on any atom is 0.0909 e. The first-order valence-electron chi connectivity index (χ1n) is 5.21. The topological polar surface area (TPSA) is 9.23 Å². The summed E-state index contributed by atoms with van der Waals surface area (Å²) in [5.41, 5.74) is 1.53. The van der Waals surface area contributed by atoms with Crippen LogP contribution in [0.3, 0.4) is 0 Å². The van der Waals surface area contributed by atoms with E-state index >= 15 is 0 Å². The molecule has 1 aliphatic rings. The molecule has 0 amide bonds. The second-order valence-corrected chi connectivity index (χ2v) is 5.23. The van der Waals surface area contributed by atoms with Gasteiger partial charge in [0.05, 0.1) is 12.2 Å². The number of hydrogen-bond acceptors (Lipinski definition) is 1. The van der Waals surface area contributed by atoms with Gasteiger partial charge in [0.15, 0.2) is 0 Å². The zero-order chi connectivity index (χ0) is 10.2. The summed E-state index contributed by atoms with van der Waals surface area (Å²) < 4.78 is 5.94. The summed E-state index contributed by atoms with van der Waals surface area (Å²) in [6.45, 7) is 7.58. The molecule has 2 rings (SSSR count). The Bertz CT molecular complexity index is 315. The van der Waals surface area contributed by atoms with Gasteiger partial charge >= 0.3 is 0 Å². The van der Waals surface area contributed by atoms with Gasteiger partial charge < -0.3 is 4.74 Å². The normalized spacial score (nSPS) is 30.5. The molecule has 0 bridgehead atoms. The number of ether oxygens (including phenoxy) is 1. The Morgan fingerprint density at radius 2 is 1.71 bits per heavy atom. The summed E-state index contributed by atoms with van der Waals surface area (Å²) in [5, 5.41) is 0. The smallest absolute Gasteiger partial charge is 0.0909 e. The summed E-state index contributed by atoms with van der Waals surface area (Å²) in [4.78, 5) is 0. The molecule has 1 fully saturated rings. The molecule has 1 aromatic carbocycles. The predicted octanol–water partition coefficient (Wildman–Crippen LogP) is 3.35. The van der Waals surface area contributed by atoms with E-state index in [0.29, 0.717) is 5.41 Å². The Morgan fingerprint density at radius 1 is 1.07 bits per heavy atom. The maximum absolute atomic E-state index is 5.94. The van der Waals surface area contributed by atoms with Crippen LogP contribution in [-0.4, -0.2) is 6.61 Å². The highest BCUT2D eigenvalue weighted by atomic mass is 16.5. The molecule has 14 heavy (non-hydrogen) atoms. The van der Waals surface area contributed by atoms with E-state index in [2.05, 4.69) is 45.0 Å². The molecule has 1 aromatic rings. The standard InChI is InChI=1S/C13H18O/c1-12(2)9-13(3,14-10-12)11-7-5-4-6-8-11/h4-8H,9-10H2,1-3H3/t13-/m1/s1. The third-order valence-corrected chi connectivity index (χ3v) is 2.98. The Hall–Kier alpha value is -0.820. The number of rotatable bonds is 1. The van der Waals surface area contributed by atoms with Crippen LogP contribution in [0.15, 0.2) is 30.3 Å². The van der Waals surface area contributed by atoms with Crippen molar-refractivity contribution in [2.24, 2.45) is 5.41 Å². The van der Waals surface area contributed by atoms with Gasteiger partial charge in [0.1, 0.15) is 0 Å². The molecule has 1 heterocycles. The highest BCUT2D eigenvalue weighted by Crippen LogP contribution is 2.44. The molecule has 1 atom stereocenters. The molecular weight excluding hydrogens is 172 g/mol. The van der Waals surface area contributed by atoms with Gasteiger partial charge in [-0.15, -0.1) is 0 Å². The van der Waals surface area contributed by atoms with E-state index < -0.39 is 0 Å². The van der Waals surface area contributed by atoms with E-state index in [9.17, 15) is 0 Å². The summed E-state index contributed by atoms with van der Waals surface area (Å²) in [5.74, 6) is 0. The summed E-state index contributed by atoms with van der Waals surface area (Å²) in [7, 11) is 0. The number of hydrogen-bond donors (Lipinski definition) is 0. The minimum Gasteiger partial charge on any atom is -0.370 e. The largest absolute Gasteiger partial charge is 0.370 e. The van der Waals surface area contributed by atoms with Crippen LogP contribution in [-0.2, 0) is 10.3 Å². The Labute approximate surface area is 86.1 Å². The van der Waals surface area contributed by atoms with E-state index in [1.807, 2.05) is 6.07 Å². The predicted molar refractivity (Wildman–Crippen MR) is 58.1 cm³/mol. The molecule has 1 aliphatic heterocycles. The van der Waals surface area contributed by atoms with Crippen molar-refractivity contribution in [2.75, 3.05) is 6.61 Å². The number of benzene rings is 1. The fraction of sp³-hybridized carbons (Fsp3) is 0.538. The Kier molecular flexibility index (Phi) is 2.15. The molecule has 1 heteroatoms. The Balaban J connectivity index is 2.27. The van der Waals surface area contributed by atoms with Crippen LogP contribution in [0, 0.1) is 5.41 Å². The van der Waals surface area contributed by atoms with Gasteiger partial charge in [-0.1, -0.05) is 44.2 Å². The van der Waals surface area contributed by atoms with Crippen LogP contribution in [0.2, 0.25) is 0 Å². The van der Waals surface area contributed by atoms with Crippen LogP contribution < -0.4 is 0 Å². The SMILES string of the molecule is CC1(C)CO[C@@](C)(c2ccccc2)C1. The van der Waals surface area contributed by atoms with E-state index in [1.54, 1.807) is 0 Å². The molecule has 0 unspecified atom stereocenters. The molecule has 0 aliphatic carbocycles. The first-order valence-corrected chi connectivity index (χ1v) is 5.21. The second kappa shape index (κ2) is 3.09. The lowest BCUT2D eigenvalue weighted by Crippen LogP contribution is -2.21. The summed E-state index contributed by atoms with van der Waals surface area (Å²) in [6, 6.07) is 10.5. The molecule has 1 saturated heterocycles. The molecule has 0 radical (unpaired) electrons. The van der Waals surface area contributed by atoms with Crippen molar-refractivity contribution in [3.05, 3.63) is 35.9 Å². The molecule has 76 valence electrons. The minimum atomic E-state index is -0.0786. The quantitative estimate of drug-likeness (QED) is 0.660. The van der Waals surface area contributed by atoms with Gasteiger partial charge in [0, 0.05) is 0 Å². The average Bonchev–Trinajstić information content (AvgIpc) is 2.44. The first kappa shape index (κ1) is 9.72. The van der Waals surface area contributed by atoms with Gasteiger partial charge in [0.25, 0.3) is 0 Å². The molecule has 0 saturated carbocycles. The van der Waals surface area contributed by atoms with Gasteiger partial charge in [-0.25, -0.2) is 0 Å². The molecular formula is C13H18O. The maximum atomic E-state index is 5.94. The monoisotopic (exact) mass is 190 g/mol. The van der Waals surface area contributed by atoms with Crippen molar-refractivity contribution in [3.63, 3.8) is 0 Å². The van der Waals surface area contributed by atoms with Crippen LogP contribution in [0.4, 0.5) is 0 Å². The van der Waals surface area contributed by atoms with Gasteiger partial charge in [0.2, 0.25) is 0 Å². The summed E-state index contributed by atoms with van der Waals surface area (Å²) in [6.07, 6.45) is 1.10. The van der Waals surface area contributed by atoms with Crippen LogP contribution in [0.1, 0.15) is 32.8 Å². The fourth-order valence-electron chi connectivity index (χ4n) is 2.35. The highest BCUT2D eigenvalue weighted by Gasteiger charge is 2.41. The summed E-state index contributed by atoms with van der Waals surface area (Å²) >= 11 is 0. The van der Waals surface area contributed by atoms with Crippen molar-refractivity contribution in [1.82, 2.24) is 0 Å². The zero-order valence-electron chi connectivity index (χ0n) is 9.21. The molecule has 0 aromatic heterocycles. The van der Waals surface area contributed by atoms with Crippen molar-refractivity contribution < 1.29 is 4.74 Å². The van der Waals surface area contributed by atoms with E-state index in [-0.39, 0.29) is 5.60 Å². The fourth-order valence-corrected chi connectivity index (χ4v) is 2.35. The third kappa shape index (κ3) is 1.69. The van der Waals surface area contributed by atoms with E-state index in [4.69, 9.17) is 4.74 Å². The zero-order valence-corrected chi connectivity index (χ0v) is 9.21. The van der Waals surface area contributed by atoms with Crippen molar-refractivity contribution in [1.29, 1.82) is 0 Å². The third-order valence-electron chi connectivity index (χ3n) is 2.98. The van der Waals surface area contributed by atoms with Crippen LogP contribution in [0.25, 0.3) is 0 Å². The lowest BCUT2D eigenvalue weighted by molar-refractivity contribution is 0.0138. The Morgan fingerprint density at radius 3 is 2.21 bits per heavy atom. The molecule has 0 spiro atoms. The second-order valence-electron chi connectivity index (χ2n) is 5.23.